The molecule has 0 amide bonds. The fraction of sp³-hybridized carbons (Fsp3) is 0.571. The molecule has 2 aliphatic rings. The number of sulfonamides is 1. The lowest BCUT2D eigenvalue weighted by Gasteiger charge is -2.36. The predicted octanol–water partition coefficient (Wildman–Crippen LogP) is 0.822. The van der Waals surface area contributed by atoms with Crippen LogP contribution in [-0.2, 0) is 16.6 Å². The Bertz CT molecular complexity index is 588. The van der Waals surface area contributed by atoms with Gasteiger partial charge >= 0.3 is 0 Å². The van der Waals surface area contributed by atoms with E-state index in [-0.39, 0.29) is 18.2 Å². The van der Waals surface area contributed by atoms with Crippen LogP contribution < -0.4 is 5.73 Å². The van der Waals surface area contributed by atoms with Gasteiger partial charge in [0, 0.05) is 18.6 Å². The summed E-state index contributed by atoms with van der Waals surface area (Å²) in [6.45, 7) is 0.328. The number of benzene rings is 1. The highest BCUT2D eigenvalue weighted by atomic mass is 32.2. The third kappa shape index (κ3) is 2.26. The topological polar surface area (TPSA) is 83.6 Å². The molecule has 20 heavy (non-hydrogen) atoms. The van der Waals surface area contributed by atoms with Gasteiger partial charge in [-0.25, -0.2) is 8.42 Å². The number of rotatable bonds is 3. The third-order valence-corrected chi connectivity index (χ3v) is 6.35. The first-order valence-corrected chi connectivity index (χ1v) is 8.47. The molecule has 0 aliphatic carbocycles. The molecule has 2 fully saturated rings. The van der Waals surface area contributed by atoms with Gasteiger partial charge in [0.25, 0.3) is 0 Å². The smallest absolute Gasteiger partial charge is 0.243 e. The van der Waals surface area contributed by atoms with E-state index >= 15 is 0 Å². The molecule has 0 aromatic heterocycles. The Morgan fingerprint density at radius 2 is 1.90 bits per heavy atom. The normalized spacial score (nSPS) is 30.6. The number of nitrogens with two attached hydrogens (primary N) is 1. The largest absolute Gasteiger partial charge is 0.393 e. The molecule has 5 nitrogen and oxygen atoms in total. The molecule has 2 aliphatic heterocycles. The summed E-state index contributed by atoms with van der Waals surface area (Å²) in [6, 6.07) is 6.72. The summed E-state index contributed by atoms with van der Waals surface area (Å²) in [7, 11) is -3.49. The predicted molar refractivity (Wildman–Crippen MR) is 75.4 cm³/mol. The van der Waals surface area contributed by atoms with Crippen LogP contribution in [0.15, 0.2) is 29.2 Å². The second kappa shape index (κ2) is 5.11. The minimum atomic E-state index is -3.49. The van der Waals surface area contributed by atoms with Gasteiger partial charge in [-0.3, -0.25) is 0 Å². The number of hydrogen-bond donors (Lipinski definition) is 2. The number of hydrogen-bond acceptors (Lipinski definition) is 4. The van der Waals surface area contributed by atoms with Crippen molar-refractivity contribution in [3.63, 3.8) is 0 Å². The van der Waals surface area contributed by atoms with E-state index in [1.165, 1.54) is 0 Å². The van der Waals surface area contributed by atoms with Gasteiger partial charge in [-0.1, -0.05) is 12.1 Å². The van der Waals surface area contributed by atoms with Crippen molar-refractivity contribution >= 4 is 10.0 Å². The standard InChI is InChI=1S/C14H20N2O3S/c15-9-10-2-1-3-14(6-10)20(18,19)16-11-4-5-12(16)8-13(17)7-11/h1-3,6,11-13,17H,4-5,7-9,15H2. The van der Waals surface area contributed by atoms with Gasteiger partial charge in [0.05, 0.1) is 11.0 Å². The van der Waals surface area contributed by atoms with Crippen molar-refractivity contribution in [1.82, 2.24) is 4.31 Å². The monoisotopic (exact) mass is 296 g/mol. The lowest BCUT2D eigenvalue weighted by Crippen LogP contribution is -2.47. The Hall–Kier alpha value is -0.950. The zero-order valence-electron chi connectivity index (χ0n) is 11.3. The molecule has 0 radical (unpaired) electrons. The summed E-state index contributed by atoms with van der Waals surface area (Å²) in [4.78, 5) is 0.314. The first-order valence-electron chi connectivity index (χ1n) is 7.03. The van der Waals surface area contributed by atoms with E-state index in [0.29, 0.717) is 24.3 Å². The maximum absolute atomic E-state index is 12.8. The van der Waals surface area contributed by atoms with E-state index in [1.807, 2.05) is 6.07 Å². The Labute approximate surface area is 119 Å². The second-order valence-corrected chi connectivity index (χ2v) is 7.54. The Morgan fingerprint density at radius 3 is 2.50 bits per heavy atom. The van der Waals surface area contributed by atoms with Gasteiger partial charge in [0.1, 0.15) is 0 Å². The van der Waals surface area contributed by atoms with E-state index in [2.05, 4.69) is 0 Å². The summed E-state index contributed by atoms with van der Waals surface area (Å²) in [6.07, 6.45) is 2.42. The van der Waals surface area contributed by atoms with E-state index in [0.717, 1.165) is 18.4 Å². The summed E-state index contributed by atoms with van der Waals surface area (Å²) in [5, 5.41) is 9.79. The number of aliphatic hydroxyl groups is 1. The molecule has 2 bridgehead atoms. The van der Waals surface area contributed by atoms with Gasteiger partial charge in [-0.15, -0.1) is 0 Å². The fourth-order valence-corrected chi connectivity index (χ4v) is 5.41. The van der Waals surface area contributed by atoms with Gasteiger partial charge in [0.15, 0.2) is 0 Å². The van der Waals surface area contributed by atoms with Crippen molar-refractivity contribution in [3.8, 4) is 0 Å². The van der Waals surface area contributed by atoms with Crippen LogP contribution >= 0.6 is 0 Å². The molecular weight excluding hydrogens is 276 g/mol. The summed E-state index contributed by atoms with van der Waals surface area (Å²) < 4.78 is 27.3. The first kappa shape index (κ1) is 14.0. The van der Waals surface area contributed by atoms with Crippen LogP contribution in [0.25, 0.3) is 0 Å². The Kier molecular flexibility index (Phi) is 3.58. The van der Waals surface area contributed by atoms with Crippen LogP contribution in [0.3, 0.4) is 0 Å². The second-order valence-electron chi connectivity index (χ2n) is 5.70. The zero-order chi connectivity index (χ0) is 14.3. The van der Waals surface area contributed by atoms with Crippen LogP contribution in [0.1, 0.15) is 31.2 Å². The molecule has 2 saturated heterocycles. The summed E-state index contributed by atoms with van der Waals surface area (Å²) >= 11 is 0. The molecule has 2 atom stereocenters. The quantitative estimate of drug-likeness (QED) is 0.865. The van der Waals surface area contributed by atoms with Crippen LogP contribution in [0.5, 0.6) is 0 Å². The number of nitrogens with zero attached hydrogens (tertiary/aromatic N) is 1. The van der Waals surface area contributed by atoms with Gasteiger partial charge in [-0.2, -0.15) is 4.31 Å². The van der Waals surface area contributed by atoms with E-state index in [1.54, 1.807) is 22.5 Å². The first-order chi connectivity index (χ1) is 9.52. The Morgan fingerprint density at radius 1 is 1.25 bits per heavy atom. The Balaban J connectivity index is 1.96. The van der Waals surface area contributed by atoms with Crippen molar-refractivity contribution in [3.05, 3.63) is 29.8 Å². The molecule has 3 rings (SSSR count). The average Bonchev–Trinajstić information content (AvgIpc) is 2.72. The lowest BCUT2D eigenvalue weighted by atomic mass is 10.0. The van der Waals surface area contributed by atoms with E-state index in [9.17, 15) is 13.5 Å². The van der Waals surface area contributed by atoms with Crippen LogP contribution in [0, 0.1) is 0 Å². The molecule has 110 valence electrons. The molecule has 1 aromatic rings. The maximum atomic E-state index is 12.8. The maximum Gasteiger partial charge on any atom is 0.243 e. The lowest BCUT2D eigenvalue weighted by molar-refractivity contribution is 0.0769. The molecule has 2 unspecified atom stereocenters. The van der Waals surface area contributed by atoms with Crippen molar-refractivity contribution in [2.45, 2.75) is 55.3 Å². The average molecular weight is 296 g/mol. The molecule has 6 heteroatoms. The van der Waals surface area contributed by atoms with Crippen molar-refractivity contribution in [2.24, 2.45) is 5.73 Å². The highest BCUT2D eigenvalue weighted by Gasteiger charge is 2.46. The SMILES string of the molecule is NCc1cccc(S(=O)(=O)N2C3CCC2CC(O)C3)c1. The van der Waals surface area contributed by atoms with Crippen molar-refractivity contribution in [1.29, 1.82) is 0 Å². The number of fused-ring (bicyclic) bond motifs is 2. The number of piperidine rings is 1. The molecule has 3 N–H and O–H groups in total. The van der Waals surface area contributed by atoms with E-state index in [4.69, 9.17) is 5.73 Å². The van der Waals surface area contributed by atoms with E-state index < -0.39 is 10.0 Å². The van der Waals surface area contributed by atoms with Gasteiger partial charge in [-0.05, 0) is 43.4 Å². The summed E-state index contributed by atoms with van der Waals surface area (Å²) in [5.74, 6) is 0. The van der Waals surface area contributed by atoms with Gasteiger partial charge < -0.3 is 10.8 Å². The van der Waals surface area contributed by atoms with Crippen molar-refractivity contribution in [2.75, 3.05) is 0 Å². The molecule has 1 aromatic carbocycles. The molecule has 2 heterocycles. The van der Waals surface area contributed by atoms with Crippen LogP contribution in [0.4, 0.5) is 0 Å². The van der Waals surface area contributed by atoms with Gasteiger partial charge in [0.2, 0.25) is 10.0 Å². The molecule has 0 spiro atoms. The summed E-state index contributed by atoms with van der Waals surface area (Å²) in [5.41, 5.74) is 6.40. The van der Waals surface area contributed by atoms with Crippen LogP contribution in [-0.4, -0.2) is 36.0 Å². The van der Waals surface area contributed by atoms with Crippen LogP contribution in [0.2, 0.25) is 0 Å². The molecule has 0 saturated carbocycles. The van der Waals surface area contributed by atoms with Crippen molar-refractivity contribution < 1.29 is 13.5 Å². The minimum absolute atomic E-state index is 0.0599. The fourth-order valence-electron chi connectivity index (χ4n) is 3.45. The molecular formula is C14H20N2O3S. The number of aliphatic hydroxyl groups excluding tert-OH is 1. The third-order valence-electron chi connectivity index (χ3n) is 4.35. The minimum Gasteiger partial charge on any atom is -0.393 e. The highest BCUT2D eigenvalue weighted by molar-refractivity contribution is 7.89. The highest BCUT2D eigenvalue weighted by Crippen LogP contribution is 2.39. The zero-order valence-corrected chi connectivity index (χ0v) is 12.1.